The second-order valence-electron chi connectivity index (χ2n) is 6.01. The average molecular weight is 262 g/mol. The van der Waals surface area contributed by atoms with Gasteiger partial charge < -0.3 is 4.74 Å². The second-order valence-corrected chi connectivity index (χ2v) is 10.7. The van der Waals surface area contributed by atoms with E-state index in [2.05, 4.69) is 50.3 Å². The zero-order chi connectivity index (χ0) is 13.3. The second kappa shape index (κ2) is 4.88. The molecule has 1 saturated heterocycles. The van der Waals surface area contributed by atoms with Crippen LogP contribution in [-0.2, 0) is 9.53 Å². The molecule has 98 valence electrons. The maximum atomic E-state index is 11.8. The van der Waals surface area contributed by atoms with E-state index in [1.165, 1.54) is 5.19 Å². The normalized spacial score (nSPS) is 28.9. The van der Waals surface area contributed by atoms with Crippen LogP contribution in [-0.4, -0.2) is 20.7 Å². The number of carbonyl (C=O) groups is 1. The van der Waals surface area contributed by atoms with Gasteiger partial charge in [0.15, 0.2) is 0 Å². The third-order valence-electron chi connectivity index (χ3n) is 4.36. The number of hydrogen-bond donors (Lipinski definition) is 0. The number of carbonyl (C=O) groups excluding carboxylic acids is 1. The summed E-state index contributed by atoms with van der Waals surface area (Å²) in [4.78, 5) is 11.8. The van der Waals surface area contributed by atoms with Crippen LogP contribution in [0.15, 0.2) is 30.3 Å². The molecule has 0 spiro atoms. The van der Waals surface area contributed by atoms with Crippen molar-refractivity contribution >= 4 is 19.2 Å². The standard InChI is InChI=1S/C15H22O2Si/c1-11-10-17-15(16)12(2)14(11)18(3,4)13-8-6-5-7-9-13/h5-9,11-12,14H,10H2,1-4H3/t11-,12-,14+/m0/s1. The summed E-state index contributed by atoms with van der Waals surface area (Å²) in [5, 5.41) is 1.43. The van der Waals surface area contributed by atoms with Gasteiger partial charge in [-0.2, -0.15) is 0 Å². The molecule has 3 atom stereocenters. The minimum absolute atomic E-state index is 0.0189. The van der Waals surface area contributed by atoms with Crippen molar-refractivity contribution in [2.45, 2.75) is 32.5 Å². The first-order valence-electron chi connectivity index (χ1n) is 6.66. The highest BCUT2D eigenvalue weighted by atomic mass is 28.3. The third-order valence-corrected chi connectivity index (χ3v) is 8.92. The number of cyclic esters (lactones) is 1. The molecule has 0 aliphatic carbocycles. The van der Waals surface area contributed by atoms with Gasteiger partial charge in [0.2, 0.25) is 0 Å². The minimum atomic E-state index is -1.65. The monoisotopic (exact) mass is 262 g/mol. The Labute approximate surface area is 110 Å². The lowest BCUT2D eigenvalue weighted by atomic mass is 9.94. The van der Waals surface area contributed by atoms with Gasteiger partial charge in [-0.3, -0.25) is 4.79 Å². The topological polar surface area (TPSA) is 26.3 Å². The van der Waals surface area contributed by atoms with Gasteiger partial charge in [-0.25, -0.2) is 0 Å². The Bertz CT molecular complexity index is 427. The molecule has 0 aromatic heterocycles. The number of ether oxygens (including phenoxy) is 1. The molecule has 0 amide bonds. The largest absolute Gasteiger partial charge is 0.465 e. The molecule has 0 radical (unpaired) electrons. The van der Waals surface area contributed by atoms with Crippen molar-refractivity contribution < 1.29 is 9.53 Å². The van der Waals surface area contributed by atoms with E-state index in [9.17, 15) is 4.79 Å². The molecule has 1 aromatic carbocycles. The van der Waals surface area contributed by atoms with Crippen molar-refractivity contribution in [1.29, 1.82) is 0 Å². The molecule has 1 aromatic rings. The van der Waals surface area contributed by atoms with Crippen LogP contribution < -0.4 is 5.19 Å². The predicted octanol–water partition coefficient (Wildman–Crippen LogP) is 2.80. The van der Waals surface area contributed by atoms with E-state index in [4.69, 9.17) is 4.74 Å². The first-order chi connectivity index (χ1) is 8.44. The molecule has 18 heavy (non-hydrogen) atoms. The van der Waals surface area contributed by atoms with Gasteiger partial charge in [-0.05, 0) is 11.5 Å². The van der Waals surface area contributed by atoms with E-state index in [0.717, 1.165) is 0 Å². The smallest absolute Gasteiger partial charge is 0.308 e. The van der Waals surface area contributed by atoms with Crippen molar-refractivity contribution in [3.63, 3.8) is 0 Å². The highest BCUT2D eigenvalue weighted by Crippen LogP contribution is 2.40. The van der Waals surface area contributed by atoms with Crippen LogP contribution in [0, 0.1) is 11.8 Å². The molecule has 1 heterocycles. The van der Waals surface area contributed by atoms with Gasteiger partial charge in [0.25, 0.3) is 0 Å². The first-order valence-corrected chi connectivity index (χ1v) is 9.74. The lowest BCUT2D eigenvalue weighted by Crippen LogP contribution is -2.54. The molecule has 1 aliphatic heterocycles. The molecule has 2 rings (SSSR count). The summed E-state index contributed by atoms with van der Waals surface area (Å²) < 4.78 is 5.25. The molecule has 1 aliphatic rings. The maximum Gasteiger partial charge on any atom is 0.308 e. The molecule has 2 nitrogen and oxygen atoms in total. The highest BCUT2D eigenvalue weighted by Gasteiger charge is 2.46. The van der Waals surface area contributed by atoms with Crippen molar-refractivity contribution in [2.24, 2.45) is 11.8 Å². The van der Waals surface area contributed by atoms with Crippen molar-refractivity contribution in [3.8, 4) is 0 Å². The Morgan fingerprint density at radius 2 is 1.78 bits per heavy atom. The lowest BCUT2D eigenvalue weighted by molar-refractivity contribution is -0.154. The molecule has 3 heteroatoms. The van der Waals surface area contributed by atoms with E-state index in [-0.39, 0.29) is 11.9 Å². The van der Waals surface area contributed by atoms with Gasteiger partial charge in [0.1, 0.15) is 0 Å². The molecular weight excluding hydrogens is 240 g/mol. The van der Waals surface area contributed by atoms with E-state index in [0.29, 0.717) is 18.1 Å². The number of benzene rings is 1. The Morgan fingerprint density at radius 3 is 2.39 bits per heavy atom. The molecule has 0 N–H and O–H groups in total. The third kappa shape index (κ3) is 2.24. The minimum Gasteiger partial charge on any atom is -0.465 e. The molecule has 0 bridgehead atoms. The summed E-state index contributed by atoms with van der Waals surface area (Å²) in [6, 6.07) is 10.7. The van der Waals surface area contributed by atoms with Crippen molar-refractivity contribution in [2.75, 3.05) is 6.61 Å². The predicted molar refractivity (Wildman–Crippen MR) is 76.6 cm³/mol. The van der Waals surface area contributed by atoms with Crippen LogP contribution in [0.1, 0.15) is 13.8 Å². The Hall–Kier alpha value is -1.09. The van der Waals surface area contributed by atoms with Crippen LogP contribution in [0.25, 0.3) is 0 Å². The van der Waals surface area contributed by atoms with Crippen LogP contribution in [0.4, 0.5) is 0 Å². The molecule has 1 fully saturated rings. The van der Waals surface area contributed by atoms with Crippen molar-refractivity contribution in [1.82, 2.24) is 0 Å². The van der Waals surface area contributed by atoms with Gasteiger partial charge in [0, 0.05) is 0 Å². The summed E-state index contributed by atoms with van der Waals surface area (Å²) in [6.45, 7) is 9.57. The van der Waals surface area contributed by atoms with E-state index in [1.54, 1.807) is 0 Å². The summed E-state index contributed by atoms with van der Waals surface area (Å²) in [5.74, 6) is 0.463. The van der Waals surface area contributed by atoms with Gasteiger partial charge >= 0.3 is 5.97 Å². The van der Waals surface area contributed by atoms with Gasteiger partial charge in [0.05, 0.1) is 20.6 Å². The van der Waals surface area contributed by atoms with Gasteiger partial charge in [-0.1, -0.05) is 62.5 Å². The summed E-state index contributed by atoms with van der Waals surface area (Å²) in [6.07, 6.45) is 0. The Morgan fingerprint density at radius 1 is 1.17 bits per heavy atom. The number of hydrogen-bond acceptors (Lipinski definition) is 2. The number of esters is 1. The Kier molecular flexibility index (Phi) is 3.62. The number of rotatable bonds is 2. The average Bonchev–Trinajstić information content (AvgIpc) is 2.35. The summed E-state index contributed by atoms with van der Waals surface area (Å²) >= 11 is 0. The maximum absolute atomic E-state index is 11.8. The fourth-order valence-corrected chi connectivity index (χ4v) is 7.83. The quantitative estimate of drug-likeness (QED) is 0.605. The lowest BCUT2D eigenvalue weighted by Gasteiger charge is -2.42. The molecule has 0 unspecified atom stereocenters. The van der Waals surface area contributed by atoms with E-state index >= 15 is 0 Å². The Balaban J connectivity index is 2.36. The van der Waals surface area contributed by atoms with Crippen LogP contribution in [0.3, 0.4) is 0 Å². The summed E-state index contributed by atoms with van der Waals surface area (Å²) in [5.41, 5.74) is 0.459. The zero-order valence-corrected chi connectivity index (χ0v) is 12.6. The van der Waals surface area contributed by atoms with Crippen LogP contribution >= 0.6 is 0 Å². The zero-order valence-electron chi connectivity index (χ0n) is 11.6. The molecular formula is C15H22O2Si. The molecule has 0 saturated carbocycles. The van der Waals surface area contributed by atoms with Gasteiger partial charge in [-0.15, -0.1) is 0 Å². The summed E-state index contributed by atoms with van der Waals surface area (Å²) in [7, 11) is -1.65. The SMILES string of the molecule is C[C@@H]1C(=O)OC[C@H](C)[C@H]1[Si](C)(C)c1ccccc1. The van der Waals surface area contributed by atoms with Crippen LogP contribution in [0.5, 0.6) is 0 Å². The fraction of sp³-hybridized carbons (Fsp3) is 0.533. The van der Waals surface area contributed by atoms with Crippen LogP contribution in [0.2, 0.25) is 18.6 Å². The van der Waals surface area contributed by atoms with Crippen molar-refractivity contribution in [3.05, 3.63) is 30.3 Å². The highest BCUT2D eigenvalue weighted by molar-refractivity contribution is 6.91. The first kappa shape index (κ1) is 13.3. The van der Waals surface area contributed by atoms with E-state index < -0.39 is 8.07 Å². The van der Waals surface area contributed by atoms with E-state index in [1.807, 2.05) is 6.92 Å². The fourth-order valence-electron chi connectivity index (χ4n) is 3.48.